The lowest BCUT2D eigenvalue weighted by Crippen LogP contribution is -2.48. The Kier molecular flexibility index (Phi) is 10.1. The Morgan fingerprint density at radius 1 is 0.307 bits per heavy atom. The van der Waals surface area contributed by atoms with Crippen LogP contribution in [0.4, 0.5) is 17.1 Å². The lowest BCUT2D eigenvalue weighted by Gasteiger charge is -2.57. The summed E-state index contributed by atoms with van der Waals surface area (Å²) in [6.45, 7) is 4.75. The first-order valence-corrected chi connectivity index (χ1v) is 27.6. The number of fused-ring (bicyclic) bond motifs is 6. The van der Waals surface area contributed by atoms with Gasteiger partial charge in [-0.3, -0.25) is 0 Å². The lowest BCUT2D eigenvalue weighted by molar-refractivity contribution is -0.00518. The number of rotatable bonds is 9. The van der Waals surface area contributed by atoms with Gasteiger partial charge in [-0.25, -0.2) is 0 Å². The molecule has 6 aliphatic carbocycles. The monoisotopic (exact) mass is 963 g/mol. The van der Waals surface area contributed by atoms with Crippen LogP contribution in [0, 0.1) is 17.8 Å². The summed E-state index contributed by atoms with van der Waals surface area (Å²) in [5, 5.41) is 0. The van der Waals surface area contributed by atoms with Crippen molar-refractivity contribution in [3.05, 3.63) is 282 Å². The number of hydrogen-bond acceptors (Lipinski definition) is 1. The maximum atomic E-state index is 2.52. The lowest BCUT2D eigenvalue weighted by atomic mass is 9.48. The molecular formula is C74H61N. The molecule has 0 spiro atoms. The normalized spacial score (nSPS) is 20.7. The average molecular weight is 964 g/mol. The molecule has 0 amide bonds. The minimum Gasteiger partial charge on any atom is -0.310 e. The topological polar surface area (TPSA) is 3.24 Å². The molecular weight excluding hydrogens is 903 g/mol. The first-order valence-electron chi connectivity index (χ1n) is 27.6. The molecule has 0 unspecified atom stereocenters. The Balaban J connectivity index is 0.890. The molecule has 4 saturated carbocycles. The van der Waals surface area contributed by atoms with Gasteiger partial charge < -0.3 is 4.90 Å². The fourth-order valence-corrected chi connectivity index (χ4v) is 15.9. The summed E-state index contributed by atoms with van der Waals surface area (Å²) in [6.07, 6.45) is 8.61. The van der Waals surface area contributed by atoms with E-state index in [2.05, 4.69) is 261 Å². The van der Waals surface area contributed by atoms with Crippen LogP contribution in [0.25, 0.3) is 55.6 Å². The van der Waals surface area contributed by atoms with E-state index in [0.717, 1.165) is 34.8 Å². The van der Waals surface area contributed by atoms with Crippen molar-refractivity contribution in [3.63, 3.8) is 0 Å². The third-order valence-electron chi connectivity index (χ3n) is 19.0. The molecule has 362 valence electrons. The van der Waals surface area contributed by atoms with Crippen LogP contribution in [0.15, 0.2) is 243 Å². The smallest absolute Gasteiger partial charge is 0.0714 e. The number of benzene rings is 10. The highest BCUT2D eigenvalue weighted by Crippen LogP contribution is 2.62. The highest BCUT2D eigenvalue weighted by Gasteiger charge is 2.52. The average Bonchev–Trinajstić information content (AvgIpc) is 3.88. The predicted octanol–water partition coefficient (Wildman–Crippen LogP) is 19.3. The fourth-order valence-electron chi connectivity index (χ4n) is 15.9. The second-order valence-electron chi connectivity index (χ2n) is 23.5. The molecule has 1 heteroatoms. The molecule has 0 aromatic heterocycles. The molecule has 6 aliphatic rings. The van der Waals surface area contributed by atoms with E-state index in [1.165, 1.54) is 128 Å². The van der Waals surface area contributed by atoms with E-state index in [-0.39, 0.29) is 5.41 Å². The van der Waals surface area contributed by atoms with E-state index in [0.29, 0.717) is 5.41 Å². The van der Waals surface area contributed by atoms with Gasteiger partial charge in [0.2, 0.25) is 0 Å². The summed E-state index contributed by atoms with van der Waals surface area (Å²) < 4.78 is 0. The zero-order chi connectivity index (χ0) is 49.9. The summed E-state index contributed by atoms with van der Waals surface area (Å²) in [7, 11) is 0. The van der Waals surface area contributed by atoms with E-state index in [4.69, 9.17) is 0 Å². The minimum atomic E-state index is -0.606. The summed E-state index contributed by atoms with van der Waals surface area (Å²) in [4.78, 5) is 2.51. The van der Waals surface area contributed by atoms with Crippen LogP contribution in [0.5, 0.6) is 0 Å². The van der Waals surface area contributed by atoms with E-state index in [9.17, 15) is 0 Å². The van der Waals surface area contributed by atoms with Gasteiger partial charge in [-0.05, 0) is 193 Å². The number of anilines is 3. The second kappa shape index (κ2) is 17.0. The van der Waals surface area contributed by atoms with E-state index in [1.807, 2.05) is 0 Å². The van der Waals surface area contributed by atoms with Crippen molar-refractivity contribution in [2.75, 3.05) is 4.90 Å². The van der Waals surface area contributed by atoms with Gasteiger partial charge in [0.1, 0.15) is 0 Å². The molecule has 0 atom stereocenters. The Labute approximate surface area is 443 Å². The summed E-state index contributed by atoms with van der Waals surface area (Å²) in [6, 6.07) is 92.3. The van der Waals surface area contributed by atoms with Gasteiger partial charge in [0, 0.05) is 22.5 Å². The molecule has 75 heavy (non-hydrogen) atoms. The number of hydrogen-bond donors (Lipinski definition) is 0. The van der Waals surface area contributed by atoms with Gasteiger partial charge in [0.25, 0.3) is 0 Å². The van der Waals surface area contributed by atoms with Crippen molar-refractivity contribution in [1.82, 2.24) is 0 Å². The van der Waals surface area contributed by atoms with E-state index in [1.54, 1.807) is 5.56 Å². The molecule has 0 radical (unpaired) electrons. The quantitative estimate of drug-likeness (QED) is 0.139. The molecule has 4 fully saturated rings. The van der Waals surface area contributed by atoms with Gasteiger partial charge in [-0.15, -0.1) is 0 Å². The molecule has 0 N–H and O–H groups in total. The van der Waals surface area contributed by atoms with Crippen LogP contribution >= 0.6 is 0 Å². The van der Waals surface area contributed by atoms with Crippen LogP contribution in [-0.4, -0.2) is 0 Å². The molecule has 16 rings (SSSR count). The molecule has 1 nitrogen and oxygen atoms in total. The zero-order valence-corrected chi connectivity index (χ0v) is 43.0. The van der Waals surface area contributed by atoms with Crippen LogP contribution in [-0.2, 0) is 16.2 Å². The molecule has 0 saturated heterocycles. The summed E-state index contributed by atoms with van der Waals surface area (Å²) in [5.41, 5.74) is 25.1. The Morgan fingerprint density at radius 2 is 0.693 bits per heavy atom. The molecule has 10 aromatic rings. The second-order valence-corrected chi connectivity index (χ2v) is 23.5. The van der Waals surface area contributed by atoms with Crippen molar-refractivity contribution < 1.29 is 0 Å². The molecule has 10 aromatic carbocycles. The zero-order valence-electron chi connectivity index (χ0n) is 43.0. The van der Waals surface area contributed by atoms with Crippen molar-refractivity contribution in [1.29, 1.82) is 0 Å². The largest absolute Gasteiger partial charge is 0.310 e. The maximum absolute atomic E-state index is 2.52. The first kappa shape index (κ1) is 44.5. The predicted molar refractivity (Wildman–Crippen MR) is 312 cm³/mol. The van der Waals surface area contributed by atoms with Gasteiger partial charge >= 0.3 is 0 Å². The van der Waals surface area contributed by atoms with Crippen LogP contribution in [0.1, 0.15) is 91.3 Å². The van der Waals surface area contributed by atoms with Crippen LogP contribution in [0.3, 0.4) is 0 Å². The highest BCUT2D eigenvalue weighted by molar-refractivity contribution is 5.92. The third kappa shape index (κ3) is 6.97. The molecule has 0 heterocycles. The van der Waals surface area contributed by atoms with Crippen LogP contribution in [0.2, 0.25) is 0 Å². The van der Waals surface area contributed by atoms with Gasteiger partial charge in [0.15, 0.2) is 0 Å². The Morgan fingerprint density at radius 3 is 1.24 bits per heavy atom. The molecule has 0 aliphatic heterocycles. The van der Waals surface area contributed by atoms with Crippen molar-refractivity contribution in [2.45, 2.75) is 68.6 Å². The Bertz CT molecular complexity index is 3670. The van der Waals surface area contributed by atoms with Gasteiger partial charge in [-0.1, -0.05) is 220 Å². The third-order valence-corrected chi connectivity index (χ3v) is 19.0. The van der Waals surface area contributed by atoms with Crippen molar-refractivity contribution in [3.8, 4) is 55.6 Å². The van der Waals surface area contributed by atoms with E-state index >= 15 is 0 Å². The number of nitrogens with zero attached hydrogens (tertiary/aromatic N) is 1. The Hall–Kier alpha value is -8.00. The highest BCUT2D eigenvalue weighted by atomic mass is 15.1. The standard InChI is InChI=1S/C74H61N/c1-72(2)68-19-11-9-18-65(68)67-44-62(38-40-69(67)72)75(61-35-27-57(28-36-61)56-21-29-58(30-22-56)73-46-49-41-50(47-73)43-51(42-49)48-73)63-37-39-66-64-17-10-12-20-70(64)74(71(66)45-63,59-31-23-54(24-32-59)52-13-5-3-6-14-52)60-33-25-55(26-34-60)53-15-7-4-8-16-53/h3-40,44-45,49-51H,41-43,46-48H2,1-2H3. The van der Waals surface area contributed by atoms with Crippen molar-refractivity contribution in [2.24, 2.45) is 17.8 Å². The van der Waals surface area contributed by atoms with Gasteiger partial charge in [-0.2, -0.15) is 0 Å². The SMILES string of the molecule is CC1(C)c2ccccc2-c2cc(N(c3ccc(-c4ccc(C56CC7CC(CC(C7)C5)C6)cc4)cc3)c3ccc4c(c3)C(c3ccc(-c5ccccc5)cc3)(c3ccc(-c5ccccc5)cc3)c3ccccc3-4)ccc21. The first-order chi connectivity index (χ1) is 36.8. The molecule has 4 bridgehead atoms. The van der Waals surface area contributed by atoms with Gasteiger partial charge in [0.05, 0.1) is 5.41 Å². The van der Waals surface area contributed by atoms with Crippen LogP contribution < -0.4 is 4.90 Å². The fraction of sp³-hybridized carbons (Fsp3) is 0.189. The maximum Gasteiger partial charge on any atom is 0.0714 e. The van der Waals surface area contributed by atoms with E-state index < -0.39 is 5.41 Å². The van der Waals surface area contributed by atoms with Crippen molar-refractivity contribution >= 4 is 17.1 Å². The minimum absolute atomic E-state index is 0.0900. The summed E-state index contributed by atoms with van der Waals surface area (Å²) in [5.74, 6) is 2.82. The summed E-state index contributed by atoms with van der Waals surface area (Å²) >= 11 is 0.